The van der Waals surface area contributed by atoms with Crippen molar-refractivity contribution in [2.24, 2.45) is 0 Å². The quantitative estimate of drug-likeness (QED) is 0.816. The first-order valence-corrected chi connectivity index (χ1v) is 7.50. The van der Waals surface area contributed by atoms with E-state index in [4.69, 9.17) is 16.3 Å². The number of phenols is 2. The standard InChI is InChI=1S/C17H14ClNO5/c1-24-17(23)10-4-2-3-9-7-19(8-12(9)10)16(22)11-5-13(18)15(21)6-14(11)20/h2-6,20-21H,7-8H2,1H3. The summed E-state index contributed by atoms with van der Waals surface area (Å²) in [5.41, 5.74) is 1.97. The average molecular weight is 348 g/mol. The number of halogens is 1. The molecule has 0 atom stereocenters. The zero-order valence-electron chi connectivity index (χ0n) is 12.7. The SMILES string of the molecule is COC(=O)c1cccc2c1CN(C(=O)c1cc(Cl)c(O)cc1O)C2. The number of aromatic hydroxyl groups is 2. The van der Waals surface area contributed by atoms with E-state index >= 15 is 0 Å². The summed E-state index contributed by atoms with van der Waals surface area (Å²) >= 11 is 5.82. The maximum atomic E-state index is 12.7. The van der Waals surface area contributed by atoms with E-state index in [0.717, 1.165) is 17.2 Å². The Morgan fingerprint density at radius 2 is 1.88 bits per heavy atom. The van der Waals surface area contributed by atoms with Crippen molar-refractivity contribution in [2.45, 2.75) is 13.1 Å². The molecule has 6 nitrogen and oxygen atoms in total. The van der Waals surface area contributed by atoms with Gasteiger partial charge < -0.3 is 19.8 Å². The van der Waals surface area contributed by atoms with Crippen molar-refractivity contribution >= 4 is 23.5 Å². The zero-order valence-corrected chi connectivity index (χ0v) is 13.5. The molecule has 24 heavy (non-hydrogen) atoms. The minimum Gasteiger partial charge on any atom is -0.507 e. The van der Waals surface area contributed by atoms with Gasteiger partial charge in [-0.2, -0.15) is 0 Å². The molecule has 124 valence electrons. The molecule has 1 aliphatic rings. The molecule has 0 radical (unpaired) electrons. The molecule has 0 aliphatic carbocycles. The summed E-state index contributed by atoms with van der Waals surface area (Å²) in [5, 5.41) is 19.3. The molecule has 0 saturated heterocycles. The Kier molecular flexibility index (Phi) is 4.07. The molecular formula is C17H14ClNO5. The van der Waals surface area contributed by atoms with Crippen molar-refractivity contribution < 1.29 is 24.5 Å². The predicted molar refractivity (Wildman–Crippen MR) is 86.1 cm³/mol. The van der Waals surface area contributed by atoms with E-state index < -0.39 is 11.9 Å². The molecule has 2 N–H and O–H groups in total. The average Bonchev–Trinajstić information content (AvgIpc) is 3.00. The van der Waals surface area contributed by atoms with Gasteiger partial charge in [0.2, 0.25) is 0 Å². The third kappa shape index (κ3) is 2.65. The smallest absolute Gasteiger partial charge is 0.338 e. The Labute approximate surface area is 142 Å². The fourth-order valence-electron chi connectivity index (χ4n) is 2.76. The number of carbonyl (C=O) groups is 2. The van der Waals surface area contributed by atoms with Gasteiger partial charge in [-0.1, -0.05) is 23.7 Å². The minimum atomic E-state index is -0.461. The van der Waals surface area contributed by atoms with Gasteiger partial charge in [-0.15, -0.1) is 0 Å². The van der Waals surface area contributed by atoms with Crippen LogP contribution < -0.4 is 0 Å². The molecule has 0 saturated carbocycles. The Bertz CT molecular complexity index is 849. The topological polar surface area (TPSA) is 87.1 Å². The van der Waals surface area contributed by atoms with E-state index in [9.17, 15) is 19.8 Å². The number of fused-ring (bicyclic) bond motifs is 1. The number of phenolic OH excluding ortho intramolecular Hbond substituents is 2. The molecule has 0 unspecified atom stereocenters. The van der Waals surface area contributed by atoms with E-state index in [1.165, 1.54) is 18.1 Å². The highest BCUT2D eigenvalue weighted by Gasteiger charge is 2.29. The largest absolute Gasteiger partial charge is 0.507 e. The van der Waals surface area contributed by atoms with Crippen LogP contribution in [0, 0.1) is 0 Å². The highest BCUT2D eigenvalue weighted by atomic mass is 35.5. The maximum absolute atomic E-state index is 12.7. The van der Waals surface area contributed by atoms with Gasteiger partial charge in [-0.25, -0.2) is 4.79 Å². The number of amides is 1. The lowest BCUT2D eigenvalue weighted by atomic mass is 10.0. The molecule has 0 spiro atoms. The number of hydrogen-bond acceptors (Lipinski definition) is 5. The molecular weight excluding hydrogens is 334 g/mol. The highest BCUT2D eigenvalue weighted by Crippen LogP contribution is 2.34. The van der Waals surface area contributed by atoms with Gasteiger partial charge in [0, 0.05) is 19.2 Å². The van der Waals surface area contributed by atoms with E-state index in [1.807, 2.05) is 6.07 Å². The number of methoxy groups -OCH3 is 1. The Morgan fingerprint density at radius 3 is 2.58 bits per heavy atom. The van der Waals surface area contributed by atoms with Crippen molar-refractivity contribution in [3.8, 4) is 11.5 Å². The molecule has 2 aromatic carbocycles. The van der Waals surface area contributed by atoms with Crippen LogP contribution in [0.5, 0.6) is 11.5 Å². The minimum absolute atomic E-state index is 0.00905. The highest BCUT2D eigenvalue weighted by molar-refractivity contribution is 6.32. The van der Waals surface area contributed by atoms with Crippen molar-refractivity contribution in [3.05, 3.63) is 57.6 Å². The van der Waals surface area contributed by atoms with Crippen LogP contribution in [0.4, 0.5) is 0 Å². The second kappa shape index (κ2) is 6.05. The van der Waals surface area contributed by atoms with Crippen LogP contribution in [-0.4, -0.2) is 34.1 Å². The van der Waals surface area contributed by atoms with Crippen molar-refractivity contribution in [2.75, 3.05) is 7.11 Å². The van der Waals surface area contributed by atoms with Crippen LogP contribution in [0.3, 0.4) is 0 Å². The Balaban J connectivity index is 1.92. The van der Waals surface area contributed by atoms with Crippen LogP contribution in [-0.2, 0) is 17.8 Å². The van der Waals surface area contributed by atoms with Crippen LogP contribution >= 0.6 is 11.6 Å². The third-order valence-corrected chi connectivity index (χ3v) is 4.27. The monoisotopic (exact) mass is 347 g/mol. The molecule has 1 heterocycles. The van der Waals surface area contributed by atoms with Crippen LogP contribution in [0.2, 0.25) is 5.02 Å². The summed E-state index contributed by atoms with van der Waals surface area (Å²) in [6.45, 7) is 0.522. The van der Waals surface area contributed by atoms with Gasteiger partial charge in [-0.3, -0.25) is 4.79 Å². The number of rotatable bonds is 2. The summed E-state index contributed by atoms with van der Waals surface area (Å²) < 4.78 is 4.76. The number of nitrogens with zero attached hydrogens (tertiary/aromatic N) is 1. The fraction of sp³-hybridized carbons (Fsp3) is 0.176. The van der Waals surface area contributed by atoms with Crippen LogP contribution in [0.1, 0.15) is 31.8 Å². The molecule has 0 aromatic heterocycles. The molecule has 1 aliphatic heterocycles. The summed E-state index contributed by atoms with van der Waals surface area (Å²) in [7, 11) is 1.30. The normalized spacial score (nSPS) is 12.8. The molecule has 1 amide bonds. The number of ether oxygens (including phenoxy) is 1. The fourth-order valence-corrected chi connectivity index (χ4v) is 2.92. The second-order valence-corrected chi connectivity index (χ2v) is 5.82. The number of hydrogen-bond donors (Lipinski definition) is 2. The molecule has 7 heteroatoms. The first-order valence-electron chi connectivity index (χ1n) is 7.12. The Morgan fingerprint density at radius 1 is 1.12 bits per heavy atom. The summed E-state index contributed by atoms with van der Waals surface area (Å²) in [5.74, 6) is -1.56. The van der Waals surface area contributed by atoms with Crippen molar-refractivity contribution in [3.63, 3.8) is 0 Å². The third-order valence-electron chi connectivity index (χ3n) is 3.97. The zero-order chi connectivity index (χ0) is 17.4. The lowest BCUT2D eigenvalue weighted by molar-refractivity contribution is 0.0596. The number of benzene rings is 2. The van der Waals surface area contributed by atoms with Crippen molar-refractivity contribution in [1.82, 2.24) is 4.90 Å². The molecule has 2 aromatic rings. The predicted octanol–water partition coefficient (Wildman–Crippen LogP) is 2.69. The maximum Gasteiger partial charge on any atom is 0.338 e. The lowest BCUT2D eigenvalue weighted by Gasteiger charge is -2.17. The van der Waals surface area contributed by atoms with Gasteiger partial charge in [0.05, 0.1) is 23.3 Å². The first kappa shape index (κ1) is 16.1. The summed E-state index contributed by atoms with van der Waals surface area (Å²) in [6.07, 6.45) is 0. The van der Waals surface area contributed by atoms with Crippen LogP contribution in [0.15, 0.2) is 30.3 Å². The molecule has 3 rings (SSSR count). The Hall–Kier alpha value is -2.73. The van der Waals surface area contributed by atoms with E-state index in [0.29, 0.717) is 12.1 Å². The van der Waals surface area contributed by atoms with Gasteiger partial charge in [-0.05, 0) is 23.3 Å². The number of esters is 1. The van der Waals surface area contributed by atoms with Gasteiger partial charge in [0.25, 0.3) is 5.91 Å². The van der Waals surface area contributed by atoms with Gasteiger partial charge in [0.15, 0.2) is 0 Å². The number of carbonyl (C=O) groups excluding carboxylic acids is 2. The van der Waals surface area contributed by atoms with Gasteiger partial charge in [0.1, 0.15) is 11.5 Å². The molecule has 0 bridgehead atoms. The first-order chi connectivity index (χ1) is 11.4. The second-order valence-electron chi connectivity index (χ2n) is 5.42. The summed E-state index contributed by atoms with van der Waals surface area (Å²) in [6, 6.07) is 7.46. The molecule has 0 fully saturated rings. The van der Waals surface area contributed by atoms with Crippen LogP contribution in [0.25, 0.3) is 0 Å². The van der Waals surface area contributed by atoms with Crippen molar-refractivity contribution in [1.29, 1.82) is 0 Å². The van der Waals surface area contributed by atoms with E-state index in [1.54, 1.807) is 12.1 Å². The van der Waals surface area contributed by atoms with E-state index in [2.05, 4.69) is 0 Å². The van der Waals surface area contributed by atoms with E-state index in [-0.39, 0.29) is 28.6 Å². The lowest BCUT2D eigenvalue weighted by Crippen LogP contribution is -2.25. The van der Waals surface area contributed by atoms with Gasteiger partial charge >= 0.3 is 5.97 Å². The summed E-state index contributed by atoms with van der Waals surface area (Å²) in [4.78, 5) is 26.0.